The number of hydrogen-bond donors (Lipinski definition) is 0. The predicted molar refractivity (Wildman–Crippen MR) is 278 cm³/mol. The van der Waals surface area contributed by atoms with Gasteiger partial charge in [0.2, 0.25) is 0 Å². The lowest BCUT2D eigenvalue weighted by Crippen LogP contribution is -2.00. The minimum atomic E-state index is 0.608. The van der Waals surface area contributed by atoms with Gasteiger partial charge in [-0.25, -0.2) is 19.5 Å². The smallest absolute Gasteiger partial charge is 0.164 e. The van der Waals surface area contributed by atoms with Gasteiger partial charge in [-0.2, -0.15) is 5.10 Å². The number of pyridine rings is 1. The van der Waals surface area contributed by atoms with Gasteiger partial charge in [0.1, 0.15) is 5.69 Å². The Morgan fingerprint density at radius 2 is 0.779 bits per heavy atom. The zero-order chi connectivity index (χ0) is 45.0. The normalized spacial score (nSPS) is 11.5. The number of aromatic nitrogens is 6. The van der Waals surface area contributed by atoms with Crippen LogP contribution < -0.4 is 0 Å². The van der Waals surface area contributed by atoms with E-state index in [0.29, 0.717) is 17.5 Å². The highest BCUT2D eigenvalue weighted by molar-refractivity contribution is 6.10. The molecule has 6 nitrogen and oxygen atoms in total. The summed E-state index contributed by atoms with van der Waals surface area (Å²) in [4.78, 5) is 15.4. The van der Waals surface area contributed by atoms with Crippen LogP contribution in [0.4, 0.5) is 0 Å². The van der Waals surface area contributed by atoms with Gasteiger partial charge in [-0.1, -0.05) is 188 Å². The molecule has 0 saturated carbocycles. The first kappa shape index (κ1) is 39.1. The Balaban J connectivity index is 0.940. The standard InChI is InChI=1S/C62H40N6/c1-5-18-41(19-6-1)56-40-49-39-47(34-37-51(49)59-57(42-20-7-2-8-21-42)58(66-68(56)59)43-22-9-3-10-23-43)46-26-17-27-48(38-46)62-64-60(44-24-11-4-12-25-44)63-61(65-62)45-32-35-50(36-33-45)67-54-30-15-13-28-52(54)53-29-14-16-31-55(53)67/h1-40H. The average Bonchev–Trinajstić information content (AvgIpc) is 3.99. The van der Waals surface area contributed by atoms with E-state index in [2.05, 4.69) is 221 Å². The summed E-state index contributed by atoms with van der Waals surface area (Å²) in [6.07, 6.45) is 0. The first-order chi connectivity index (χ1) is 33.7. The Hall–Kier alpha value is -9.26. The monoisotopic (exact) mass is 868 g/mol. The molecule has 0 aliphatic rings. The molecule has 6 heteroatoms. The van der Waals surface area contributed by atoms with Crippen LogP contribution >= 0.6 is 0 Å². The SMILES string of the molecule is c1ccc(-c2nc(-c3ccc(-n4c5ccccc5c5ccccc54)cc3)nc(-c3cccc(-c4ccc5c(c4)cc(-c4ccccc4)n4nc(-c6ccccc6)c(-c6ccccc6)c54)c3)n2)cc1. The molecule has 4 heterocycles. The molecule has 0 saturated heterocycles. The molecule has 0 aliphatic carbocycles. The highest BCUT2D eigenvalue weighted by Gasteiger charge is 2.22. The van der Waals surface area contributed by atoms with Crippen LogP contribution in [0.2, 0.25) is 0 Å². The molecule has 0 amide bonds. The molecule has 13 rings (SSSR count). The molecule has 4 aromatic heterocycles. The van der Waals surface area contributed by atoms with Gasteiger partial charge in [-0.3, -0.25) is 0 Å². The maximum Gasteiger partial charge on any atom is 0.164 e. The van der Waals surface area contributed by atoms with Crippen LogP contribution in [0.1, 0.15) is 0 Å². The van der Waals surface area contributed by atoms with Crippen molar-refractivity contribution < 1.29 is 0 Å². The highest BCUT2D eigenvalue weighted by atomic mass is 15.2. The largest absolute Gasteiger partial charge is 0.309 e. The second-order valence-corrected chi connectivity index (χ2v) is 17.1. The van der Waals surface area contributed by atoms with Crippen LogP contribution in [0, 0.1) is 0 Å². The number of rotatable bonds is 8. The van der Waals surface area contributed by atoms with Crippen LogP contribution in [0.15, 0.2) is 243 Å². The lowest BCUT2D eigenvalue weighted by Gasteiger charge is -2.13. The number of benzene rings is 9. The van der Waals surface area contributed by atoms with Crippen LogP contribution in [-0.4, -0.2) is 29.1 Å². The molecule has 0 atom stereocenters. The zero-order valence-corrected chi connectivity index (χ0v) is 36.8. The summed E-state index contributed by atoms with van der Waals surface area (Å²) in [5, 5.41) is 10.1. The fourth-order valence-electron chi connectivity index (χ4n) is 9.77. The second-order valence-electron chi connectivity index (χ2n) is 17.1. The number of hydrogen-bond acceptors (Lipinski definition) is 4. The van der Waals surface area contributed by atoms with Crippen molar-refractivity contribution in [3.05, 3.63) is 243 Å². The van der Waals surface area contributed by atoms with Gasteiger partial charge in [0.25, 0.3) is 0 Å². The lowest BCUT2D eigenvalue weighted by molar-refractivity contribution is 0.979. The molecule has 0 N–H and O–H groups in total. The van der Waals surface area contributed by atoms with Crippen molar-refractivity contribution in [2.24, 2.45) is 0 Å². The predicted octanol–water partition coefficient (Wildman–Crippen LogP) is 15.4. The highest BCUT2D eigenvalue weighted by Crippen LogP contribution is 2.42. The molecule has 68 heavy (non-hydrogen) atoms. The summed E-state index contributed by atoms with van der Waals surface area (Å²) < 4.78 is 4.47. The number of para-hydroxylation sites is 2. The van der Waals surface area contributed by atoms with Gasteiger partial charge < -0.3 is 4.57 Å². The maximum atomic E-state index is 5.40. The maximum absolute atomic E-state index is 5.40. The molecule has 9 aromatic carbocycles. The van der Waals surface area contributed by atoms with E-state index in [1.165, 1.54) is 21.8 Å². The zero-order valence-electron chi connectivity index (χ0n) is 36.8. The van der Waals surface area contributed by atoms with E-state index in [1.807, 2.05) is 30.3 Å². The van der Waals surface area contributed by atoms with E-state index in [-0.39, 0.29) is 0 Å². The minimum absolute atomic E-state index is 0.608. The first-order valence-electron chi connectivity index (χ1n) is 22.9. The lowest BCUT2D eigenvalue weighted by atomic mass is 9.95. The second kappa shape index (κ2) is 16.3. The van der Waals surface area contributed by atoms with E-state index in [0.717, 1.165) is 83.4 Å². The molecule has 0 aliphatic heterocycles. The van der Waals surface area contributed by atoms with Gasteiger partial charge in [0.15, 0.2) is 17.5 Å². The number of fused-ring (bicyclic) bond motifs is 6. The van der Waals surface area contributed by atoms with Crippen molar-refractivity contribution in [2.75, 3.05) is 0 Å². The molecule has 0 bridgehead atoms. The fraction of sp³-hybridized carbons (Fsp3) is 0. The first-order valence-corrected chi connectivity index (χ1v) is 22.9. The summed E-state index contributed by atoms with van der Waals surface area (Å²) in [6, 6.07) is 85.1. The molecule has 0 spiro atoms. The Bertz CT molecular complexity index is 3940. The Morgan fingerprint density at radius 1 is 0.309 bits per heavy atom. The summed E-state index contributed by atoms with van der Waals surface area (Å²) in [6.45, 7) is 0. The summed E-state index contributed by atoms with van der Waals surface area (Å²) in [7, 11) is 0. The minimum Gasteiger partial charge on any atom is -0.309 e. The van der Waals surface area contributed by atoms with E-state index in [1.54, 1.807) is 0 Å². The quantitative estimate of drug-likeness (QED) is 0.153. The van der Waals surface area contributed by atoms with Crippen LogP contribution in [0.3, 0.4) is 0 Å². The van der Waals surface area contributed by atoms with E-state index in [4.69, 9.17) is 20.1 Å². The van der Waals surface area contributed by atoms with Crippen molar-refractivity contribution in [3.63, 3.8) is 0 Å². The van der Waals surface area contributed by atoms with Crippen molar-refractivity contribution in [1.82, 2.24) is 29.1 Å². The Kier molecular flexibility index (Phi) is 9.39. The summed E-state index contributed by atoms with van der Waals surface area (Å²) in [5.41, 5.74) is 15.7. The summed E-state index contributed by atoms with van der Waals surface area (Å²) >= 11 is 0. The molecule has 0 unspecified atom stereocenters. The van der Waals surface area contributed by atoms with Crippen molar-refractivity contribution in [1.29, 1.82) is 0 Å². The third-order valence-corrected chi connectivity index (χ3v) is 13.0. The van der Waals surface area contributed by atoms with Crippen LogP contribution in [0.5, 0.6) is 0 Å². The summed E-state index contributed by atoms with van der Waals surface area (Å²) in [5.74, 6) is 1.84. The number of nitrogens with zero attached hydrogens (tertiary/aromatic N) is 6. The van der Waals surface area contributed by atoms with Gasteiger partial charge in [-0.15, -0.1) is 0 Å². The molecular weight excluding hydrogens is 829 g/mol. The molecule has 0 fully saturated rings. The third-order valence-electron chi connectivity index (χ3n) is 13.0. The van der Waals surface area contributed by atoms with Gasteiger partial charge in [-0.05, 0) is 76.7 Å². The molecule has 13 aromatic rings. The molecular formula is C62H40N6. The van der Waals surface area contributed by atoms with Crippen molar-refractivity contribution >= 4 is 38.1 Å². The molecule has 318 valence electrons. The topological polar surface area (TPSA) is 60.9 Å². The fourth-order valence-corrected chi connectivity index (χ4v) is 9.77. The third kappa shape index (κ3) is 6.74. The Labute approximate surface area is 392 Å². The van der Waals surface area contributed by atoms with Gasteiger partial charge >= 0.3 is 0 Å². The van der Waals surface area contributed by atoms with Crippen molar-refractivity contribution in [2.45, 2.75) is 0 Å². The van der Waals surface area contributed by atoms with Gasteiger partial charge in [0.05, 0.1) is 22.2 Å². The Morgan fingerprint density at radius 3 is 1.41 bits per heavy atom. The van der Waals surface area contributed by atoms with Crippen LogP contribution in [-0.2, 0) is 0 Å². The van der Waals surface area contributed by atoms with E-state index < -0.39 is 0 Å². The van der Waals surface area contributed by atoms with Crippen molar-refractivity contribution in [3.8, 4) is 84.6 Å². The van der Waals surface area contributed by atoms with Gasteiger partial charge in [0, 0.05) is 55.2 Å². The average molecular weight is 869 g/mol. The molecule has 0 radical (unpaired) electrons. The van der Waals surface area contributed by atoms with E-state index in [9.17, 15) is 0 Å². The van der Waals surface area contributed by atoms with E-state index >= 15 is 0 Å². The van der Waals surface area contributed by atoms with Crippen LogP contribution in [0.25, 0.3) is 123 Å².